The molecule has 4 heteroatoms. The molecule has 0 unspecified atom stereocenters. The van der Waals surface area contributed by atoms with Crippen molar-refractivity contribution < 1.29 is 4.79 Å². The number of hydrogen-bond donors (Lipinski definition) is 1. The molecule has 0 spiro atoms. The fourth-order valence-electron chi connectivity index (χ4n) is 1.20. The van der Waals surface area contributed by atoms with E-state index in [0.29, 0.717) is 18.5 Å². The number of hydrogen-bond acceptors (Lipinski definition) is 3. The highest BCUT2D eigenvalue weighted by Gasteiger charge is 2.50. The van der Waals surface area contributed by atoms with Crippen molar-refractivity contribution in [3.8, 4) is 6.07 Å². The first-order valence-corrected chi connectivity index (χ1v) is 4.40. The number of pyridine rings is 1. The van der Waals surface area contributed by atoms with E-state index in [-0.39, 0.29) is 5.91 Å². The summed E-state index contributed by atoms with van der Waals surface area (Å²) in [6.07, 6.45) is 4.53. The van der Waals surface area contributed by atoms with Gasteiger partial charge in [0.2, 0.25) is 5.91 Å². The normalized spacial score (nSPS) is 16.8. The summed E-state index contributed by atoms with van der Waals surface area (Å²) < 4.78 is 0. The number of carbonyl (C=O) groups excluding carboxylic acids is 1. The maximum Gasteiger partial charge on any atom is 0.244 e. The van der Waals surface area contributed by atoms with Gasteiger partial charge < -0.3 is 5.32 Å². The summed E-state index contributed by atoms with van der Waals surface area (Å²) in [4.78, 5) is 15.4. The van der Waals surface area contributed by atoms with Gasteiger partial charge in [0.25, 0.3) is 0 Å². The Kier molecular flexibility index (Phi) is 1.93. The molecule has 2 rings (SSSR count). The molecule has 1 saturated carbocycles. The average Bonchev–Trinajstić information content (AvgIpc) is 3.00. The van der Waals surface area contributed by atoms with Crippen LogP contribution in [0.5, 0.6) is 0 Å². The second-order valence-corrected chi connectivity index (χ2v) is 3.38. The number of nitrogens with one attached hydrogen (secondary N) is 1. The van der Waals surface area contributed by atoms with E-state index in [4.69, 9.17) is 5.26 Å². The molecule has 1 aliphatic rings. The van der Waals surface area contributed by atoms with Crippen LogP contribution in [0.25, 0.3) is 0 Å². The molecule has 0 bridgehead atoms. The lowest BCUT2D eigenvalue weighted by Gasteiger charge is -2.06. The van der Waals surface area contributed by atoms with Crippen LogP contribution in [0, 0.1) is 16.7 Å². The number of anilines is 1. The van der Waals surface area contributed by atoms with Gasteiger partial charge in [-0.15, -0.1) is 0 Å². The van der Waals surface area contributed by atoms with Gasteiger partial charge >= 0.3 is 0 Å². The zero-order valence-electron chi connectivity index (χ0n) is 7.53. The molecule has 0 aromatic carbocycles. The molecule has 0 saturated heterocycles. The number of nitriles is 1. The summed E-state index contributed by atoms with van der Waals surface area (Å²) in [6.45, 7) is 0. The number of rotatable bonds is 2. The van der Waals surface area contributed by atoms with Crippen molar-refractivity contribution in [1.82, 2.24) is 4.98 Å². The minimum atomic E-state index is -0.761. The fraction of sp³-hybridized carbons (Fsp3) is 0.300. The molecule has 14 heavy (non-hydrogen) atoms. The van der Waals surface area contributed by atoms with Gasteiger partial charge in [-0.05, 0) is 25.0 Å². The van der Waals surface area contributed by atoms with Crippen molar-refractivity contribution in [1.29, 1.82) is 5.26 Å². The molecule has 1 N–H and O–H groups in total. The third-order valence-electron chi connectivity index (χ3n) is 2.34. The zero-order chi connectivity index (χ0) is 10.0. The maximum absolute atomic E-state index is 11.6. The smallest absolute Gasteiger partial charge is 0.244 e. The number of aromatic nitrogens is 1. The number of amides is 1. The highest BCUT2D eigenvalue weighted by molar-refractivity contribution is 5.99. The lowest BCUT2D eigenvalue weighted by atomic mass is 10.1. The van der Waals surface area contributed by atoms with Crippen LogP contribution in [0.4, 0.5) is 5.69 Å². The van der Waals surface area contributed by atoms with Crippen LogP contribution < -0.4 is 5.32 Å². The molecular formula is C10H9N3O. The first kappa shape index (κ1) is 8.70. The summed E-state index contributed by atoms with van der Waals surface area (Å²) in [6, 6.07) is 5.44. The van der Waals surface area contributed by atoms with Gasteiger partial charge in [-0.25, -0.2) is 0 Å². The Morgan fingerprint density at radius 3 is 2.64 bits per heavy atom. The largest absolute Gasteiger partial charge is 0.325 e. The van der Waals surface area contributed by atoms with Crippen LogP contribution in [-0.4, -0.2) is 10.9 Å². The predicted molar refractivity (Wildman–Crippen MR) is 50.1 cm³/mol. The van der Waals surface area contributed by atoms with Crippen LogP contribution in [0.2, 0.25) is 0 Å². The van der Waals surface area contributed by atoms with Crippen molar-refractivity contribution in [2.75, 3.05) is 5.32 Å². The highest BCUT2D eigenvalue weighted by Crippen LogP contribution is 2.45. The van der Waals surface area contributed by atoms with Crippen molar-refractivity contribution in [2.24, 2.45) is 5.41 Å². The van der Waals surface area contributed by atoms with Gasteiger partial charge in [0.1, 0.15) is 5.41 Å². The van der Waals surface area contributed by atoms with E-state index in [1.54, 1.807) is 24.5 Å². The van der Waals surface area contributed by atoms with Crippen LogP contribution in [0.1, 0.15) is 12.8 Å². The molecule has 1 fully saturated rings. The minimum absolute atomic E-state index is 0.203. The quantitative estimate of drug-likeness (QED) is 0.759. The molecule has 1 heterocycles. The Hall–Kier alpha value is -1.89. The van der Waals surface area contributed by atoms with Crippen molar-refractivity contribution in [2.45, 2.75) is 12.8 Å². The van der Waals surface area contributed by atoms with Gasteiger partial charge in [-0.2, -0.15) is 5.26 Å². The van der Waals surface area contributed by atoms with Gasteiger partial charge in [0.15, 0.2) is 0 Å². The first-order valence-electron chi connectivity index (χ1n) is 4.40. The van der Waals surface area contributed by atoms with E-state index >= 15 is 0 Å². The van der Waals surface area contributed by atoms with Crippen molar-refractivity contribution >= 4 is 11.6 Å². The summed E-state index contributed by atoms with van der Waals surface area (Å²) in [5.41, 5.74) is -0.0740. The van der Waals surface area contributed by atoms with E-state index in [1.807, 2.05) is 6.07 Å². The van der Waals surface area contributed by atoms with Gasteiger partial charge in [-0.1, -0.05) is 0 Å². The molecular weight excluding hydrogens is 178 g/mol. The highest BCUT2D eigenvalue weighted by atomic mass is 16.2. The SMILES string of the molecule is N#CC1(C(=O)Nc2ccncc2)CC1. The van der Waals surface area contributed by atoms with E-state index in [0.717, 1.165) is 0 Å². The molecule has 4 nitrogen and oxygen atoms in total. The monoisotopic (exact) mass is 187 g/mol. The van der Waals surface area contributed by atoms with Gasteiger partial charge in [0.05, 0.1) is 6.07 Å². The summed E-state index contributed by atoms with van der Waals surface area (Å²) >= 11 is 0. The predicted octanol–water partition coefficient (Wildman–Crippen LogP) is 1.32. The zero-order valence-corrected chi connectivity index (χ0v) is 7.53. The Morgan fingerprint density at radius 1 is 1.50 bits per heavy atom. The Bertz CT molecular complexity index is 390. The molecule has 70 valence electrons. The van der Waals surface area contributed by atoms with Gasteiger partial charge in [0, 0.05) is 18.1 Å². The average molecular weight is 187 g/mol. The molecule has 1 aromatic heterocycles. The Balaban J connectivity index is 2.07. The van der Waals surface area contributed by atoms with Crippen LogP contribution in [-0.2, 0) is 4.79 Å². The molecule has 0 atom stereocenters. The third-order valence-corrected chi connectivity index (χ3v) is 2.34. The maximum atomic E-state index is 11.6. The number of nitrogens with zero attached hydrogens (tertiary/aromatic N) is 2. The topological polar surface area (TPSA) is 65.8 Å². The van der Waals surface area contributed by atoms with Crippen LogP contribution in [0.3, 0.4) is 0 Å². The lowest BCUT2D eigenvalue weighted by Crippen LogP contribution is -2.22. The van der Waals surface area contributed by atoms with E-state index in [9.17, 15) is 4.79 Å². The second-order valence-electron chi connectivity index (χ2n) is 3.38. The molecule has 0 aliphatic heterocycles. The minimum Gasteiger partial charge on any atom is -0.325 e. The van der Waals surface area contributed by atoms with E-state index in [1.165, 1.54) is 0 Å². The standard InChI is InChI=1S/C10H9N3O/c11-7-10(3-4-10)9(14)13-8-1-5-12-6-2-8/h1-2,5-6H,3-4H2,(H,12,13,14). The number of carbonyl (C=O) groups is 1. The summed E-state index contributed by atoms with van der Waals surface area (Å²) in [5, 5.41) is 11.5. The Labute approximate surface area is 81.6 Å². The first-order chi connectivity index (χ1) is 6.77. The summed E-state index contributed by atoms with van der Waals surface area (Å²) in [7, 11) is 0. The van der Waals surface area contributed by atoms with E-state index < -0.39 is 5.41 Å². The lowest BCUT2D eigenvalue weighted by molar-refractivity contribution is -0.119. The Morgan fingerprint density at radius 2 is 2.14 bits per heavy atom. The molecule has 1 aliphatic carbocycles. The summed E-state index contributed by atoms with van der Waals surface area (Å²) in [5.74, 6) is -0.203. The van der Waals surface area contributed by atoms with Gasteiger partial charge in [-0.3, -0.25) is 9.78 Å². The molecule has 0 radical (unpaired) electrons. The fourth-order valence-corrected chi connectivity index (χ4v) is 1.20. The molecule has 1 aromatic rings. The molecule has 1 amide bonds. The van der Waals surface area contributed by atoms with Crippen molar-refractivity contribution in [3.05, 3.63) is 24.5 Å². The second kappa shape index (κ2) is 3.11. The van der Waals surface area contributed by atoms with Crippen LogP contribution >= 0.6 is 0 Å². The van der Waals surface area contributed by atoms with E-state index in [2.05, 4.69) is 10.3 Å². The van der Waals surface area contributed by atoms with Crippen molar-refractivity contribution in [3.63, 3.8) is 0 Å². The third kappa shape index (κ3) is 1.44. The van der Waals surface area contributed by atoms with Crippen LogP contribution in [0.15, 0.2) is 24.5 Å².